The summed E-state index contributed by atoms with van der Waals surface area (Å²) in [5.74, 6) is -0.362. The summed E-state index contributed by atoms with van der Waals surface area (Å²) in [7, 11) is 0. The van der Waals surface area contributed by atoms with Crippen molar-refractivity contribution in [2.45, 2.75) is 53.2 Å². The lowest BCUT2D eigenvalue weighted by molar-refractivity contribution is -0.126. The summed E-state index contributed by atoms with van der Waals surface area (Å²) in [5.41, 5.74) is 2.28. The largest absolute Gasteiger partial charge is 0.444 e. The fourth-order valence-corrected chi connectivity index (χ4v) is 3.19. The second-order valence-electron chi connectivity index (χ2n) is 8.09. The van der Waals surface area contributed by atoms with E-state index in [1.165, 1.54) is 0 Å². The van der Waals surface area contributed by atoms with E-state index in [4.69, 9.17) is 9.47 Å². The molecule has 1 saturated heterocycles. The average molecular weight is 377 g/mol. The van der Waals surface area contributed by atoms with E-state index >= 15 is 0 Å². The van der Waals surface area contributed by atoms with Crippen molar-refractivity contribution in [2.24, 2.45) is 11.8 Å². The molecule has 0 radical (unpaired) electrons. The van der Waals surface area contributed by atoms with Crippen molar-refractivity contribution in [3.8, 4) is 0 Å². The highest BCUT2D eigenvalue weighted by Crippen LogP contribution is 2.22. The second-order valence-corrected chi connectivity index (χ2v) is 8.09. The van der Waals surface area contributed by atoms with Gasteiger partial charge in [-0.25, -0.2) is 4.79 Å². The lowest BCUT2D eigenvalue weighted by atomic mass is 9.90. The van der Waals surface area contributed by atoms with Gasteiger partial charge in [-0.2, -0.15) is 0 Å². The van der Waals surface area contributed by atoms with Crippen molar-refractivity contribution >= 4 is 12.0 Å². The third-order valence-electron chi connectivity index (χ3n) is 4.34. The van der Waals surface area contributed by atoms with Crippen molar-refractivity contribution in [3.05, 3.63) is 29.1 Å². The van der Waals surface area contributed by atoms with E-state index in [1.54, 1.807) is 20.8 Å². The summed E-state index contributed by atoms with van der Waals surface area (Å²) in [5, 5.41) is 5.71. The minimum Gasteiger partial charge on any atom is -0.444 e. The zero-order chi connectivity index (χ0) is 20.0. The molecule has 7 heteroatoms. The van der Waals surface area contributed by atoms with Crippen LogP contribution in [0.15, 0.2) is 12.1 Å². The molecule has 0 aromatic carbocycles. The minimum atomic E-state index is -0.574. The molecule has 0 saturated carbocycles. The van der Waals surface area contributed by atoms with Gasteiger partial charge in [-0.05, 0) is 64.7 Å². The van der Waals surface area contributed by atoms with Crippen LogP contribution in [-0.4, -0.2) is 42.3 Å². The van der Waals surface area contributed by atoms with Gasteiger partial charge in [0.25, 0.3) is 0 Å². The Kier molecular flexibility index (Phi) is 7.18. The maximum absolute atomic E-state index is 12.8. The molecule has 0 spiro atoms. The first kappa shape index (κ1) is 21.2. The third-order valence-corrected chi connectivity index (χ3v) is 4.34. The van der Waals surface area contributed by atoms with Crippen LogP contribution in [0.4, 0.5) is 4.79 Å². The highest BCUT2D eigenvalue weighted by molar-refractivity contribution is 5.80. The Labute approximate surface area is 161 Å². The first-order chi connectivity index (χ1) is 12.6. The summed E-state index contributed by atoms with van der Waals surface area (Å²) in [6, 6.07) is 3.92. The smallest absolute Gasteiger partial charge is 0.407 e. The number of carbonyl (C=O) groups excluding carboxylic acids is 2. The van der Waals surface area contributed by atoms with Gasteiger partial charge in [0, 0.05) is 31.1 Å². The minimum absolute atomic E-state index is 0.0841. The van der Waals surface area contributed by atoms with Gasteiger partial charge in [0.1, 0.15) is 5.60 Å². The number of ether oxygens (including phenoxy) is 2. The molecule has 1 aromatic rings. The monoisotopic (exact) mass is 377 g/mol. The van der Waals surface area contributed by atoms with E-state index in [1.807, 2.05) is 26.0 Å². The number of alkyl carbamates (subject to hydrolysis) is 1. The van der Waals surface area contributed by atoms with Crippen molar-refractivity contribution in [2.75, 3.05) is 19.8 Å². The van der Waals surface area contributed by atoms with Gasteiger partial charge in [0.05, 0.1) is 12.5 Å². The molecule has 1 aliphatic heterocycles. The maximum Gasteiger partial charge on any atom is 0.407 e. The van der Waals surface area contributed by atoms with E-state index in [-0.39, 0.29) is 24.3 Å². The van der Waals surface area contributed by atoms with Crippen LogP contribution in [0, 0.1) is 25.7 Å². The molecule has 27 heavy (non-hydrogen) atoms. The summed E-state index contributed by atoms with van der Waals surface area (Å²) >= 11 is 0. The highest BCUT2D eigenvalue weighted by Gasteiger charge is 2.32. The number of amides is 2. The molecule has 0 bridgehead atoms. The molecule has 2 rings (SSSR count). The van der Waals surface area contributed by atoms with Crippen LogP contribution in [0.3, 0.4) is 0 Å². The molecule has 2 atom stereocenters. The summed E-state index contributed by atoms with van der Waals surface area (Å²) in [6.45, 7) is 11.1. The number of nitrogens with zero attached hydrogens (tertiary/aromatic N) is 1. The molecule has 0 aliphatic carbocycles. The van der Waals surface area contributed by atoms with Crippen LogP contribution in [0.25, 0.3) is 0 Å². The molecule has 150 valence electrons. The zero-order valence-electron chi connectivity index (χ0n) is 16.9. The molecular formula is C20H31N3O4. The van der Waals surface area contributed by atoms with Crippen LogP contribution >= 0.6 is 0 Å². The lowest BCUT2D eigenvalue weighted by Gasteiger charge is -2.24. The van der Waals surface area contributed by atoms with Gasteiger partial charge in [0.15, 0.2) is 0 Å². The fourth-order valence-electron chi connectivity index (χ4n) is 3.19. The summed E-state index contributed by atoms with van der Waals surface area (Å²) < 4.78 is 10.7. The van der Waals surface area contributed by atoms with Gasteiger partial charge < -0.3 is 20.1 Å². The van der Waals surface area contributed by atoms with Crippen LogP contribution in [0.1, 0.15) is 44.1 Å². The van der Waals surface area contributed by atoms with Gasteiger partial charge in [-0.3, -0.25) is 9.78 Å². The number of carbonyl (C=O) groups is 2. The Morgan fingerprint density at radius 3 is 2.48 bits per heavy atom. The lowest BCUT2D eigenvalue weighted by Crippen LogP contribution is -2.43. The normalized spacial score (nSPS) is 18.0. The number of rotatable bonds is 6. The third kappa shape index (κ3) is 7.17. The fraction of sp³-hybridized carbons (Fsp3) is 0.650. The molecule has 1 fully saturated rings. The molecule has 2 amide bonds. The quantitative estimate of drug-likeness (QED) is 0.795. The van der Waals surface area contributed by atoms with Crippen LogP contribution < -0.4 is 10.6 Å². The number of aromatic nitrogens is 1. The first-order valence-electron chi connectivity index (χ1n) is 9.40. The topological polar surface area (TPSA) is 89.6 Å². The predicted octanol–water partition coefficient (Wildman–Crippen LogP) is 2.49. The van der Waals surface area contributed by atoms with Gasteiger partial charge in [-0.15, -0.1) is 0 Å². The predicted molar refractivity (Wildman–Crippen MR) is 102 cm³/mol. The number of aryl methyl sites for hydroxylation is 2. The Morgan fingerprint density at radius 1 is 1.26 bits per heavy atom. The standard InChI is InChI=1S/C20H31N3O4/c1-13-8-15(9-14(2)23-13)10-21-18(24)17(16-6-7-26-12-16)11-22-19(25)27-20(3,4)5/h8-9,16-17H,6-7,10-12H2,1-5H3,(H,21,24)(H,22,25). The SMILES string of the molecule is Cc1cc(CNC(=O)C(CNC(=O)OC(C)(C)C)C2CCOC2)cc(C)n1. The van der Waals surface area contributed by atoms with Gasteiger partial charge in [-0.1, -0.05) is 0 Å². The Morgan fingerprint density at radius 2 is 1.93 bits per heavy atom. The molecule has 7 nitrogen and oxygen atoms in total. The van der Waals surface area contributed by atoms with Crippen LogP contribution in [-0.2, 0) is 20.8 Å². The Bertz CT molecular complexity index is 643. The number of nitrogens with one attached hydrogen (secondary N) is 2. The molecule has 1 aromatic heterocycles. The van der Waals surface area contributed by atoms with Crippen molar-refractivity contribution in [1.82, 2.24) is 15.6 Å². The molecule has 1 aliphatic rings. The number of hydrogen-bond donors (Lipinski definition) is 2. The van der Waals surface area contributed by atoms with Crippen molar-refractivity contribution in [1.29, 1.82) is 0 Å². The van der Waals surface area contributed by atoms with Crippen molar-refractivity contribution in [3.63, 3.8) is 0 Å². The molecular weight excluding hydrogens is 346 g/mol. The van der Waals surface area contributed by atoms with Gasteiger partial charge >= 0.3 is 6.09 Å². The van der Waals surface area contributed by atoms with E-state index in [9.17, 15) is 9.59 Å². The molecule has 2 N–H and O–H groups in total. The van der Waals surface area contributed by atoms with E-state index in [0.29, 0.717) is 19.8 Å². The van der Waals surface area contributed by atoms with Crippen LogP contribution in [0.5, 0.6) is 0 Å². The zero-order valence-corrected chi connectivity index (χ0v) is 16.9. The van der Waals surface area contributed by atoms with E-state index < -0.39 is 11.7 Å². The maximum atomic E-state index is 12.8. The first-order valence-corrected chi connectivity index (χ1v) is 9.40. The number of pyridine rings is 1. The van der Waals surface area contributed by atoms with E-state index in [0.717, 1.165) is 23.4 Å². The number of hydrogen-bond acceptors (Lipinski definition) is 5. The van der Waals surface area contributed by atoms with Crippen LogP contribution in [0.2, 0.25) is 0 Å². The average Bonchev–Trinajstić information content (AvgIpc) is 3.04. The highest BCUT2D eigenvalue weighted by atomic mass is 16.6. The molecule has 2 unspecified atom stereocenters. The Hall–Kier alpha value is -2.15. The van der Waals surface area contributed by atoms with Gasteiger partial charge in [0.2, 0.25) is 5.91 Å². The molecule has 2 heterocycles. The Balaban J connectivity index is 1.96. The van der Waals surface area contributed by atoms with Crippen molar-refractivity contribution < 1.29 is 19.1 Å². The summed E-state index contributed by atoms with van der Waals surface area (Å²) in [6.07, 6.45) is 0.293. The second kappa shape index (κ2) is 9.17. The van der Waals surface area contributed by atoms with E-state index in [2.05, 4.69) is 15.6 Å². The summed E-state index contributed by atoms with van der Waals surface area (Å²) in [4.78, 5) is 29.1.